The number of rotatable bonds is 11. The van der Waals surface area contributed by atoms with Crippen molar-refractivity contribution in [3.8, 4) is 0 Å². The zero-order valence-corrected chi connectivity index (χ0v) is 15.5. The van der Waals surface area contributed by atoms with Crippen LogP contribution in [0.25, 0.3) is 0 Å². The van der Waals surface area contributed by atoms with Gasteiger partial charge in [0.05, 0.1) is 13.2 Å². The van der Waals surface area contributed by atoms with E-state index in [4.69, 9.17) is 18.9 Å². The molecule has 1 aliphatic rings. The number of ether oxygens (including phenoxy) is 4. The predicted octanol–water partition coefficient (Wildman–Crippen LogP) is 3.36. The second kappa shape index (κ2) is 10.7. The quantitative estimate of drug-likeness (QED) is 0.423. The van der Waals surface area contributed by atoms with Gasteiger partial charge in [0.1, 0.15) is 0 Å². The lowest BCUT2D eigenvalue weighted by Crippen LogP contribution is -2.39. The summed E-state index contributed by atoms with van der Waals surface area (Å²) in [6.07, 6.45) is 4.07. The van der Waals surface area contributed by atoms with E-state index in [-0.39, 0.29) is 0 Å². The fraction of sp³-hybridized carbons (Fsp3) is 0.889. The van der Waals surface area contributed by atoms with Crippen molar-refractivity contribution >= 4 is 11.9 Å². The number of carbonyl (C=O) groups excluding carboxylic acids is 2. The number of unbranched alkanes of at least 4 members (excludes halogenated alkanes) is 4. The Kier molecular flexibility index (Phi) is 9.29. The topological polar surface area (TPSA) is 71.1 Å². The molecule has 0 saturated carbocycles. The lowest BCUT2D eigenvalue weighted by molar-refractivity contribution is -0.182. The summed E-state index contributed by atoms with van der Waals surface area (Å²) in [5.74, 6) is -2.09. The lowest BCUT2D eigenvalue weighted by Gasteiger charge is -2.20. The van der Waals surface area contributed by atoms with Gasteiger partial charge in [0.15, 0.2) is 18.0 Å². The predicted molar refractivity (Wildman–Crippen MR) is 89.4 cm³/mol. The van der Waals surface area contributed by atoms with Gasteiger partial charge in [-0.1, -0.05) is 46.5 Å². The van der Waals surface area contributed by atoms with Crippen molar-refractivity contribution in [2.45, 2.75) is 90.6 Å². The van der Waals surface area contributed by atoms with Gasteiger partial charge in [-0.3, -0.25) is 0 Å². The van der Waals surface area contributed by atoms with Gasteiger partial charge >= 0.3 is 11.9 Å². The largest absolute Gasteiger partial charge is 0.464 e. The minimum Gasteiger partial charge on any atom is -0.464 e. The van der Waals surface area contributed by atoms with Crippen LogP contribution in [0.15, 0.2) is 0 Å². The highest BCUT2D eigenvalue weighted by Gasteiger charge is 2.51. The molecule has 0 aliphatic carbocycles. The molecule has 2 atom stereocenters. The fourth-order valence-electron chi connectivity index (χ4n) is 2.41. The summed E-state index contributed by atoms with van der Waals surface area (Å²) in [7, 11) is 0. The van der Waals surface area contributed by atoms with E-state index in [2.05, 4.69) is 13.8 Å². The maximum atomic E-state index is 12.3. The molecule has 1 fully saturated rings. The summed E-state index contributed by atoms with van der Waals surface area (Å²) in [6.45, 7) is 8.40. The number of hydrogen-bond acceptors (Lipinski definition) is 6. The number of hydrogen-bond donors (Lipinski definition) is 0. The molecule has 0 spiro atoms. The van der Waals surface area contributed by atoms with Crippen LogP contribution >= 0.6 is 0 Å². The minimum atomic E-state index is -1.06. The molecular formula is C18H32O6. The Balaban J connectivity index is 2.60. The van der Waals surface area contributed by atoms with Gasteiger partial charge in [0.25, 0.3) is 0 Å². The average Bonchev–Trinajstić information content (AvgIpc) is 2.94. The van der Waals surface area contributed by atoms with Crippen molar-refractivity contribution in [2.24, 2.45) is 0 Å². The molecule has 140 valence electrons. The summed E-state index contributed by atoms with van der Waals surface area (Å²) < 4.78 is 21.8. The smallest absolute Gasteiger partial charge is 0.338 e. The van der Waals surface area contributed by atoms with Gasteiger partial charge in [-0.25, -0.2) is 9.59 Å². The second-order valence-electron chi connectivity index (χ2n) is 6.31. The van der Waals surface area contributed by atoms with Gasteiger partial charge < -0.3 is 18.9 Å². The van der Waals surface area contributed by atoms with Crippen molar-refractivity contribution in [1.29, 1.82) is 0 Å². The van der Waals surface area contributed by atoms with Gasteiger partial charge in [0, 0.05) is 0 Å². The van der Waals surface area contributed by atoms with Crippen LogP contribution < -0.4 is 0 Å². The highest BCUT2D eigenvalue weighted by Crippen LogP contribution is 2.32. The van der Waals surface area contributed by atoms with Gasteiger partial charge in [-0.05, 0) is 26.2 Å². The molecule has 0 aromatic rings. The first kappa shape index (κ1) is 20.9. The van der Waals surface area contributed by atoms with Crippen LogP contribution in [0.2, 0.25) is 0 Å². The normalized spacial score (nSPS) is 22.3. The van der Waals surface area contributed by atoms with E-state index in [1.807, 2.05) is 6.92 Å². The third kappa shape index (κ3) is 6.40. The molecule has 1 saturated heterocycles. The van der Waals surface area contributed by atoms with E-state index >= 15 is 0 Å². The Bertz CT molecular complexity index is 363. The van der Waals surface area contributed by atoms with Gasteiger partial charge in [-0.15, -0.1) is 0 Å². The maximum Gasteiger partial charge on any atom is 0.338 e. The molecule has 1 aliphatic heterocycles. The van der Waals surface area contributed by atoms with Crippen molar-refractivity contribution in [3.05, 3.63) is 0 Å². The van der Waals surface area contributed by atoms with E-state index in [0.29, 0.717) is 19.6 Å². The number of carbonyl (C=O) groups is 2. The van der Waals surface area contributed by atoms with Crippen LogP contribution in [0.4, 0.5) is 0 Å². The molecule has 24 heavy (non-hydrogen) atoms. The maximum absolute atomic E-state index is 12.3. The molecular weight excluding hydrogens is 312 g/mol. The van der Waals surface area contributed by atoms with Crippen LogP contribution in [0.5, 0.6) is 0 Å². The third-order valence-electron chi connectivity index (χ3n) is 4.12. The van der Waals surface area contributed by atoms with E-state index < -0.39 is 29.9 Å². The molecule has 0 aromatic heterocycles. The van der Waals surface area contributed by atoms with Gasteiger partial charge in [-0.2, -0.15) is 0 Å². The van der Waals surface area contributed by atoms with Crippen molar-refractivity contribution in [1.82, 2.24) is 0 Å². The standard InChI is InChI=1S/C18H32O6/c1-5-8-10-12-21-16(19)14-15(24-18(4,7-3)23-14)17(20)22-13-11-9-6-2/h14-15H,5-13H2,1-4H3/t14-,15-/m1/s1. The first-order valence-electron chi connectivity index (χ1n) is 9.16. The molecule has 1 heterocycles. The van der Waals surface area contributed by atoms with Crippen LogP contribution in [0.3, 0.4) is 0 Å². The monoisotopic (exact) mass is 344 g/mol. The first-order valence-corrected chi connectivity index (χ1v) is 9.16. The number of esters is 2. The van der Waals surface area contributed by atoms with Crippen molar-refractivity contribution in [2.75, 3.05) is 13.2 Å². The highest BCUT2D eigenvalue weighted by atomic mass is 16.8. The van der Waals surface area contributed by atoms with Crippen LogP contribution in [-0.4, -0.2) is 43.1 Å². The van der Waals surface area contributed by atoms with Crippen molar-refractivity contribution < 1.29 is 28.5 Å². The Morgan fingerprint density at radius 1 is 0.833 bits per heavy atom. The zero-order valence-electron chi connectivity index (χ0n) is 15.5. The highest BCUT2D eigenvalue weighted by molar-refractivity contribution is 5.86. The van der Waals surface area contributed by atoms with Crippen molar-refractivity contribution in [3.63, 3.8) is 0 Å². The fourth-order valence-corrected chi connectivity index (χ4v) is 2.41. The molecule has 0 radical (unpaired) electrons. The van der Waals surface area contributed by atoms with E-state index in [1.54, 1.807) is 6.92 Å². The van der Waals surface area contributed by atoms with E-state index in [9.17, 15) is 9.59 Å². The molecule has 0 unspecified atom stereocenters. The Labute approximate surface area is 145 Å². The summed E-state index contributed by atoms with van der Waals surface area (Å²) in [5.41, 5.74) is 0. The Morgan fingerprint density at radius 3 is 1.58 bits per heavy atom. The summed E-state index contributed by atoms with van der Waals surface area (Å²) >= 11 is 0. The molecule has 1 rings (SSSR count). The molecule has 0 N–H and O–H groups in total. The van der Waals surface area contributed by atoms with Crippen LogP contribution in [0, 0.1) is 0 Å². The molecule has 0 aromatic carbocycles. The molecule has 6 nitrogen and oxygen atoms in total. The second-order valence-corrected chi connectivity index (χ2v) is 6.31. The minimum absolute atomic E-state index is 0.327. The third-order valence-corrected chi connectivity index (χ3v) is 4.12. The molecule has 6 heteroatoms. The van der Waals surface area contributed by atoms with E-state index in [0.717, 1.165) is 38.5 Å². The first-order chi connectivity index (χ1) is 11.5. The SMILES string of the molecule is CCCCCOC(=O)[C@@H]1OC(C)(CC)O[C@H]1C(=O)OCCCCC. The summed E-state index contributed by atoms with van der Waals surface area (Å²) in [5, 5.41) is 0. The van der Waals surface area contributed by atoms with Crippen LogP contribution in [-0.2, 0) is 28.5 Å². The lowest BCUT2D eigenvalue weighted by atomic mass is 10.2. The summed E-state index contributed by atoms with van der Waals surface area (Å²) in [4.78, 5) is 24.5. The molecule has 0 amide bonds. The van der Waals surface area contributed by atoms with Crippen LogP contribution in [0.1, 0.15) is 72.6 Å². The molecule has 0 bridgehead atoms. The summed E-state index contributed by atoms with van der Waals surface area (Å²) in [6, 6.07) is 0. The average molecular weight is 344 g/mol. The van der Waals surface area contributed by atoms with E-state index in [1.165, 1.54) is 0 Å². The van der Waals surface area contributed by atoms with Gasteiger partial charge in [0.2, 0.25) is 0 Å². The Morgan fingerprint density at radius 2 is 1.25 bits per heavy atom. The Hall–Kier alpha value is -1.14. The zero-order chi connectivity index (χ0) is 18.0.